The normalized spacial score (nSPS) is 14.1. The maximum absolute atomic E-state index is 12.0. The summed E-state index contributed by atoms with van der Waals surface area (Å²) >= 11 is 0. The van der Waals surface area contributed by atoms with Crippen molar-refractivity contribution >= 4 is 24.3 Å². The first kappa shape index (κ1) is 33.2. The Balaban J connectivity index is 0.0000116. The van der Waals surface area contributed by atoms with Crippen LogP contribution in [0.15, 0.2) is 18.2 Å². The van der Waals surface area contributed by atoms with Crippen LogP contribution in [0.4, 0.5) is 0 Å². The van der Waals surface area contributed by atoms with Gasteiger partial charge in [0, 0.05) is 12.6 Å². The molecule has 1 amide bonds. The van der Waals surface area contributed by atoms with Gasteiger partial charge in [-0.2, -0.15) is 0 Å². The highest BCUT2D eigenvalue weighted by atomic mass is 35.5. The van der Waals surface area contributed by atoms with Gasteiger partial charge in [-0.05, 0) is 66.5 Å². The van der Waals surface area contributed by atoms with Crippen LogP contribution in [0, 0.1) is 11.8 Å². The van der Waals surface area contributed by atoms with Crippen LogP contribution in [-0.4, -0.2) is 47.4 Å². The molecule has 7 nitrogen and oxygen atoms in total. The molecule has 5 N–H and O–H groups in total. The summed E-state index contributed by atoms with van der Waals surface area (Å²) in [7, 11) is 0. The van der Waals surface area contributed by atoms with Crippen LogP contribution in [-0.2, 0) is 21.4 Å². The zero-order valence-electron chi connectivity index (χ0n) is 22.3. The quantitative estimate of drug-likeness (QED) is 0.256. The number of hydrogen-bond donors (Lipinski definition) is 4. The fraction of sp³-hybridized carbons (Fsp3) is 0.704. The topological polar surface area (TPSA) is 122 Å². The first-order valence-electron chi connectivity index (χ1n) is 12.5. The average Bonchev–Trinajstić information content (AvgIpc) is 2.74. The third kappa shape index (κ3) is 12.6. The van der Waals surface area contributed by atoms with Gasteiger partial charge in [0.05, 0.1) is 0 Å². The molecule has 0 saturated heterocycles. The SMILES string of the molecule is CCCCNC(=O)[C@@H](O)CC[C@H](N)C[C@H](Cc1ccc(C(C)(C)C)c(OCC(=O)O)c1)C(C)C.Cl. The molecule has 0 aliphatic rings. The number of amides is 1. The van der Waals surface area contributed by atoms with E-state index < -0.39 is 12.1 Å². The molecule has 35 heavy (non-hydrogen) atoms. The first-order valence-corrected chi connectivity index (χ1v) is 12.5. The van der Waals surface area contributed by atoms with E-state index in [0.29, 0.717) is 37.0 Å². The third-order valence-electron chi connectivity index (χ3n) is 6.19. The number of aliphatic carboxylic acids is 1. The van der Waals surface area contributed by atoms with Gasteiger partial charge in [-0.3, -0.25) is 4.79 Å². The van der Waals surface area contributed by atoms with E-state index >= 15 is 0 Å². The summed E-state index contributed by atoms with van der Waals surface area (Å²) < 4.78 is 5.62. The predicted octanol–water partition coefficient (Wildman–Crippen LogP) is 4.46. The van der Waals surface area contributed by atoms with Crippen molar-refractivity contribution in [1.29, 1.82) is 0 Å². The number of rotatable bonds is 15. The van der Waals surface area contributed by atoms with Gasteiger partial charge in [-0.1, -0.05) is 60.1 Å². The van der Waals surface area contributed by atoms with Gasteiger partial charge in [0.15, 0.2) is 6.61 Å². The number of benzene rings is 1. The van der Waals surface area contributed by atoms with E-state index in [0.717, 1.165) is 36.8 Å². The standard InChI is InChI=1S/C27H46N2O5.ClH/c1-7-8-13-29-26(33)23(30)12-10-21(28)16-20(18(2)3)14-19-9-11-22(27(4,5)6)24(15-19)34-17-25(31)32;/h9,11,15,18,20-21,23,30H,7-8,10,12-14,16-17,28H2,1-6H3,(H,29,33)(H,31,32);1H/t20-,21-,23-;/m0./s1. The fourth-order valence-corrected chi connectivity index (χ4v) is 3.98. The molecule has 1 aromatic carbocycles. The van der Waals surface area contributed by atoms with E-state index in [1.807, 2.05) is 12.1 Å². The monoisotopic (exact) mass is 514 g/mol. The highest BCUT2D eigenvalue weighted by Crippen LogP contribution is 2.34. The number of carbonyl (C=O) groups excluding carboxylic acids is 1. The van der Waals surface area contributed by atoms with Gasteiger partial charge in [-0.15, -0.1) is 12.4 Å². The molecule has 0 spiro atoms. The Labute approximate surface area is 217 Å². The highest BCUT2D eigenvalue weighted by molar-refractivity contribution is 5.85. The van der Waals surface area contributed by atoms with Crippen molar-refractivity contribution in [1.82, 2.24) is 5.32 Å². The molecule has 0 radical (unpaired) electrons. The summed E-state index contributed by atoms with van der Waals surface area (Å²) in [5, 5.41) is 21.9. The van der Waals surface area contributed by atoms with Crippen LogP contribution in [0.3, 0.4) is 0 Å². The largest absolute Gasteiger partial charge is 0.482 e. The van der Waals surface area contributed by atoms with Gasteiger partial charge in [0.2, 0.25) is 5.91 Å². The number of halogens is 1. The smallest absolute Gasteiger partial charge is 0.341 e. The van der Waals surface area contributed by atoms with E-state index in [2.05, 4.69) is 52.9 Å². The molecule has 0 fully saturated rings. The predicted molar refractivity (Wildman–Crippen MR) is 143 cm³/mol. The van der Waals surface area contributed by atoms with Gasteiger partial charge in [-0.25, -0.2) is 4.79 Å². The van der Waals surface area contributed by atoms with Crippen molar-refractivity contribution in [3.05, 3.63) is 29.3 Å². The lowest BCUT2D eigenvalue weighted by Gasteiger charge is -2.27. The van der Waals surface area contributed by atoms with E-state index in [1.54, 1.807) is 0 Å². The molecule has 1 aromatic rings. The molecule has 0 saturated carbocycles. The van der Waals surface area contributed by atoms with Crippen molar-refractivity contribution in [2.24, 2.45) is 17.6 Å². The molecule has 0 unspecified atom stereocenters. The Kier molecular flexibility index (Phi) is 15.2. The highest BCUT2D eigenvalue weighted by Gasteiger charge is 2.23. The zero-order valence-corrected chi connectivity index (χ0v) is 23.1. The minimum atomic E-state index is -1.03. The minimum absolute atomic E-state index is 0. The van der Waals surface area contributed by atoms with Crippen LogP contribution in [0.1, 0.15) is 84.8 Å². The van der Waals surface area contributed by atoms with Crippen molar-refractivity contribution < 1.29 is 24.5 Å². The lowest BCUT2D eigenvalue weighted by molar-refractivity contribution is -0.139. The van der Waals surface area contributed by atoms with E-state index in [-0.39, 0.29) is 36.4 Å². The molecule has 3 atom stereocenters. The molecule has 0 bridgehead atoms. The Hall–Kier alpha value is -1.83. The number of ether oxygens (including phenoxy) is 1. The second-order valence-corrected chi connectivity index (χ2v) is 10.7. The number of hydrogen-bond acceptors (Lipinski definition) is 5. The number of aliphatic hydroxyl groups excluding tert-OH is 1. The molecule has 0 aromatic heterocycles. The number of nitrogens with one attached hydrogen (secondary N) is 1. The summed E-state index contributed by atoms with van der Waals surface area (Å²) in [6.45, 7) is 12.8. The number of carboxylic acid groups (broad SMARTS) is 1. The average molecular weight is 515 g/mol. The van der Waals surface area contributed by atoms with Gasteiger partial charge in [0.25, 0.3) is 0 Å². The Morgan fingerprint density at radius 1 is 1.17 bits per heavy atom. The summed E-state index contributed by atoms with van der Waals surface area (Å²) in [6, 6.07) is 5.94. The van der Waals surface area contributed by atoms with Crippen molar-refractivity contribution in [3.8, 4) is 5.75 Å². The Bertz CT molecular complexity index is 779. The van der Waals surface area contributed by atoms with E-state index in [1.165, 1.54) is 0 Å². The minimum Gasteiger partial charge on any atom is -0.482 e. The molecule has 1 rings (SSSR count). The van der Waals surface area contributed by atoms with Gasteiger partial charge in [0.1, 0.15) is 11.9 Å². The second-order valence-electron chi connectivity index (χ2n) is 10.7. The number of nitrogens with two attached hydrogens (primary N) is 1. The molecule has 0 heterocycles. The second kappa shape index (κ2) is 16.0. The Morgan fingerprint density at radius 2 is 1.83 bits per heavy atom. The van der Waals surface area contributed by atoms with E-state index in [9.17, 15) is 14.7 Å². The van der Waals surface area contributed by atoms with Crippen LogP contribution in [0.2, 0.25) is 0 Å². The van der Waals surface area contributed by atoms with Crippen molar-refractivity contribution in [2.45, 2.75) is 97.6 Å². The number of carboxylic acids is 1. The van der Waals surface area contributed by atoms with Crippen LogP contribution in [0.25, 0.3) is 0 Å². The molecule has 0 aliphatic heterocycles. The summed E-state index contributed by atoms with van der Waals surface area (Å²) in [6.07, 6.45) is 3.34. The number of carbonyl (C=O) groups is 2. The maximum Gasteiger partial charge on any atom is 0.341 e. The molecule has 0 aliphatic carbocycles. The van der Waals surface area contributed by atoms with Crippen molar-refractivity contribution in [2.75, 3.05) is 13.2 Å². The third-order valence-corrected chi connectivity index (χ3v) is 6.19. The van der Waals surface area contributed by atoms with E-state index in [4.69, 9.17) is 15.6 Å². The lowest BCUT2D eigenvalue weighted by atomic mass is 9.81. The van der Waals surface area contributed by atoms with Gasteiger partial charge >= 0.3 is 5.97 Å². The summed E-state index contributed by atoms with van der Waals surface area (Å²) in [4.78, 5) is 23.0. The molecule has 202 valence electrons. The van der Waals surface area contributed by atoms with Crippen molar-refractivity contribution in [3.63, 3.8) is 0 Å². The summed E-state index contributed by atoms with van der Waals surface area (Å²) in [5.74, 6) is -0.0276. The molecule has 8 heteroatoms. The zero-order chi connectivity index (χ0) is 25.9. The summed E-state index contributed by atoms with van der Waals surface area (Å²) in [5.41, 5.74) is 8.28. The fourth-order valence-electron chi connectivity index (χ4n) is 3.98. The first-order chi connectivity index (χ1) is 15.8. The lowest BCUT2D eigenvalue weighted by Crippen LogP contribution is -2.36. The number of aliphatic hydroxyl groups is 1. The maximum atomic E-state index is 12.0. The van der Waals surface area contributed by atoms with Crippen LogP contribution in [0.5, 0.6) is 5.75 Å². The van der Waals surface area contributed by atoms with Crippen LogP contribution >= 0.6 is 12.4 Å². The van der Waals surface area contributed by atoms with Gasteiger partial charge < -0.3 is 26.0 Å². The number of unbranched alkanes of at least 4 members (excludes halogenated alkanes) is 1. The molecular weight excluding hydrogens is 468 g/mol. The molecular formula is C27H47ClN2O5. The Morgan fingerprint density at radius 3 is 2.37 bits per heavy atom. The van der Waals surface area contributed by atoms with Crippen LogP contribution < -0.4 is 15.8 Å².